The SMILES string of the molecule is N#Cc1nccc(Nc2ccc(N3CCOCC3)nc2)n1. The molecule has 2 aromatic heterocycles. The molecule has 1 saturated heterocycles. The van der Waals surface area contributed by atoms with Crippen LogP contribution in [0.1, 0.15) is 5.82 Å². The molecule has 3 rings (SSSR count). The lowest BCUT2D eigenvalue weighted by atomic mass is 10.3. The van der Waals surface area contributed by atoms with E-state index in [4.69, 9.17) is 10.00 Å². The number of morpholine rings is 1. The largest absolute Gasteiger partial charge is 0.378 e. The molecular formula is C14H14N6O. The molecule has 1 N–H and O–H groups in total. The molecule has 7 nitrogen and oxygen atoms in total. The zero-order valence-electron chi connectivity index (χ0n) is 11.4. The van der Waals surface area contributed by atoms with E-state index in [2.05, 4.69) is 25.2 Å². The Morgan fingerprint density at radius 3 is 2.76 bits per heavy atom. The predicted octanol–water partition coefficient (Wildman–Crippen LogP) is 1.32. The number of rotatable bonds is 3. The van der Waals surface area contributed by atoms with Gasteiger partial charge in [-0.1, -0.05) is 0 Å². The van der Waals surface area contributed by atoms with Gasteiger partial charge in [0.15, 0.2) is 0 Å². The molecule has 0 saturated carbocycles. The highest BCUT2D eigenvalue weighted by Crippen LogP contribution is 2.18. The maximum absolute atomic E-state index is 8.78. The van der Waals surface area contributed by atoms with E-state index >= 15 is 0 Å². The van der Waals surface area contributed by atoms with Crippen molar-refractivity contribution in [3.05, 3.63) is 36.4 Å². The van der Waals surface area contributed by atoms with Gasteiger partial charge in [0.25, 0.3) is 0 Å². The Kier molecular flexibility index (Phi) is 3.89. The van der Waals surface area contributed by atoms with E-state index in [-0.39, 0.29) is 5.82 Å². The number of nitrogens with zero attached hydrogens (tertiary/aromatic N) is 5. The Hall–Kier alpha value is -2.72. The Morgan fingerprint density at radius 1 is 1.19 bits per heavy atom. The first kappa shape index (κ1) is 13.3. The molecule has 0 spiro atoms. The topological polar surface area (TPSA) is 87.0 Å². The Bertz CT molecular complexity index is 645. The molecule has 0 radical (unpaired) electrons. The van der Waals surface area contributed by atoms with E-state index in [1.165, 1.54) is 0 Å². The van der Waals surface area contributed by atoms with Gasteiger partial charge in [-0.3, -0.25) is 0 Å². The van der Waals surface area contributed by atoms with Crippen LogP contribution in [0.4, 0.5) is 17.3 Å². The molecule has 0 amide bonds. The van der Waals surface area contributed by atoms with E-state index in [0.29, 0.717) is 5.82 Å². The van der Waals surface area contributed by atoms with Crippen molar-refractivity contribution >= 4 is 17.3 Å². The average molecular weight is 282 g/mol. The van der Waals surface area contributed by atoms with Crippen LogP contribution in [0, 0.1) is 11.3 Å². The van der Waals surface area contributed by atoms with Gasteiger partial charge >= 0.3 is 0 Å². The zero-order valence-corrected chi connectivity index (χ0v) is 11.4. The summed E-state index contributed by atoms with van der Waals surface area (Å²) in [5.41, 5.74) is 0.814. The maximum Gasteiger partial charge on any atom is 0.234 e. The fourth-order valence-corrected chi connectivity index (χ4v) is 2.07. The van der Waals surface area contributed by atoms with Crippen LogP contribution in [0.3, 0.4) is 0 Å². The van der Waals surface area contributed by atoms with E-state index in [1.54, 1.807) is 18.5 Å². The van der Waals surface area contributed by atoms with Crippen LogP contribution in [-0.4, -0.2) is 41.3 Å². The highest BCUT2D eigenvalue weighted by molar-refractivity contribution is 5.57. The summed E-state index contributed by atoms with van der Waals surface area (Å²) in [5.74, 6) is 1.64. The molecule has 1 aliphatic rings. The van der Waals surface area contributed by atoms with E-state index < -0.39 is 0 Å². The minimum absolute atomic E-state index is 0.137. The molecule has 0 aromatic carbocycles. The second-order valence-corrected chi connectivity index (χ2v) is 4.51. The van der Waals surface area contributed by atoms with E-state index in [1.807, 2.05) is 18.2 Å². The van der Waals surface area contributed by atoms with Crippen LogP contribution in [0.15, 0.2) is 30.6 Å². The molecule has 7 heteroatoms. The van der Waals surface area contributed by atoms with Crippen molar-refractivity contribution < 1.29 is 4.74 Å². The van der Waals surface area contributed by atoms with Gasteiger partial charge in [0, 0.05) is 19.3 Å². The molecule has 1 fully saturated rings. The fourth-order valence-electron chi connectivity index (χ4n) is 2.07. The van der Waals surface area contributed by atoms with Gasteiger partial charge in [-0.25, -0.2) is 15.0 Å². The molecule has 0 atom stereocenters. The molecule has 21 heavy (non-hydrogen) atoms. The lowest BCUT2D eigenvalue weighted by Crippen LogP contribution is -2.36. The summed E-state index contributed by atoms with van der Waals surface area (Å²) in [5, 5.41) is 11.9. The summed E-state index contributed by atoms with van der Waals surface area (Å²) < 4.78 is 5.32. The Labute approximate surface area is 122 Å². The molecule has 2 aromatic rings. The second-order valence-electron chi connectivity index (χ2n) is 4.51. The third-order valence-electron chi connectivity index (χ3n) is 3.11. The van der Waals surface area contributed by atoms with Crippen molar-refractivity contribution in [3.63, 3.8) is 0 Å². The maximum atomic E-state index is 8.78. The third kappa shape index (κ3) is 3.24. The van der Waals surface area contributed by atoms with Crippen molar-refractivity contribution in [3.8, 4) is 6.07 Å². The number of ether oxygens (including phenoxy) is 1. The molecule has 0 unspecified atom stereocenters. The number of hydrogen-bond acceptors (Lipinski definition) is 7. The average Bonchev–Trinajstić information content (AvgIpc) is 2.56. The number of nitrogens with one attached hydrogen (secondary N) is 1. The molecule has 0 aliphatic carbocycles. The Morgan fingerprint density at radius 2 is 2.05 bits per heavy atom. The monoisotopic (exact) mass is 282 g/mol. The quantitative estimate of drug-likeness (QED) is 0.908. The van der Waals surface area contributed by atoms with Crippen molar-refractivity contribution in [2.75, 3.05) is 36.5 Å². The number of hydrogen-bond donors (Lipinski definition) is 1. The smallest absolute Gasteiger partial charge is 0.234 e. The van der Waals surface area contributed by atoms with Gasteiger partial charge in [0.05, 0.1) is 25.1 Å². The minimum atomic E-state index is 0.137. The molecule has 3 heterocycles. The normalized spacial score (nSPS) is 14.5. The second kappa shape index (κ2) is 6.15. The van der Waals surface area contributed by atoms with Gasteiger partial charge in [0.1, 0.15) is 17.7 Å². The van der Waals surface area contributed by atoms with Gasteiger partial charge in [-0.15, -0.1) is 0 Å². The van der Waals surface area contributed by atoms with Crippen LogP contribution < -0.4 is 10.2 Å². The van der Waals surface area contributed by atoms with E-state index in [0.717, 1.165) is 37.8 Å². The van der Waals surface area contributed by atoms with E-state index in [9.17, 15) is 0 Å². The third-order valence-corrected chi connectivity index (χ3v) is 3.11. The highest BCUT2D eigenvalue weighted by Gasteiger charge is 2.11. The van der Waals surface area contributed by atoms with Crippen LogP contribution in [0.2, 0.25) is 0 Å². The van der Waals surface area contributed by atoms with Crippen LogP contribution in [0.5, 0.6) is 0 Å². The van der Waals surface area contributed by atoms with Gasteiger partial charge < -0.3 is 15.0 Å². The standard InChI is InChI=1S/C14H14N6O/c15-9-13-16-4-3-12(19-13)18-11-1-2-14(17-10-11)20-5-7-21-8-6-20/h1-4,10H,5-8H2,(H,16,18,19). The van der Waals surface area contributed by atoms with Crippen molar-refractivity contribution in [1.82, 2.24) is 15.0 Å². The summed E-state index contributed by atoms with van der Waals surface area (Å²) >= 11 is 0. The first-order valence-corrected chi connectivity index (χ1v) is 6.64. The van der Waals surface area contributed by atoms with Crippen molar-refractivity contribution in [2.24, 2.45) is 0 Å². The highest BCUT2D eigenvalue weighted by atomic mass is 16.5. The van der Waals surface area contributed by atoms with Gasteiger partial charge in [0.2, 0.25) is 5.82 Å². The molecule has 106 valence electrons. The first-order valence-electron chi connectivity index (χ1n) is 6.64. The minimum Gasteiger partial charge on any atom is -0.378 e. The summed E-state index contributed by atoms with van der Waals surface area (Å²) in [6, 6.07) is 7.51. The fraction of sp³-hybridized carbons (Fsp3) is 0.286. The lowest BCUT2D eigenvalue weighted by molar-refractivity contribution is 0.122. The van der Waals surface area contributed by atoms with Crippen LogP contribution in [-0.2, 0) is 4.74 Å². The zero-order chi connectivity index (χ0) is 14.5. The van der Waals surface area contributed by atoms with Crippen molar-refractivity contribution in [2.45, 2.75) is 0 Å². The molecular weight excluding hydrogens is 268 g/mol. The summed E-state index contributed by atoms with van der Waals surface area (Å²) in [6.07, 6.45) is 3.29. The number of aromatic nitrogens is 3. The Balaban J connectivity index is 1.70. The van der Waals surface area contributed by atoms with Crippen LogP contribution >= 0.6 is 0 Å². The number of anilines is 3. The lowest BCUT2D eigenvalue weighted by Gasteiger charge is -2.27. The summed E-state index contributed by atoms with van der Waals surface area (Å²) in [7, 11) is 0. The van der Waals surface area contributed by atoms with Crippen molar-refractivity contribution in [1.29, 1.82) is 5.26 Å². The number of nitriles is 1. The molecule has 0 bridgehead atoms. The summed E-state index contributed by atoms with van der Waals surface area (Å²) in [6.45, 7) is 3.19. The van der Waals surface area contributed by atoms with Crippen LogP contribution in [0.25, 0.3) is 0 Å². The van der Waals surface area contributed by atoms with Gasteiger partial charge in [-0.2, -0.15) is 5.26 Å². The number of pyridine rings is 1. The van der Waals surface area contributed by atoms with Gasteiger partial charge in [-0.05, 0) is 18.2 Å². The predicted molar refractivity (Wildman–Crippen MR) is 77.3 cm³/mol. The summed E-state index contributed by atoms with van der Waals surface area (Å²) in [4.78, 5) is 14.5. The first-order chi connectivity index (χ1) is 10.3. The molecule has 1 aliphatic heterocycles.